The molecule has 0 saturated heterocycles. The summed E-state index contributed by atoms with van der Waals surface area (Å²) in [6.45, 7) is 6.53. The van der Waals surface area contributed by atoms with Crippen LogP contribution in [0, 0.1) is 12.8 Å². The van der Waals surface area contributed by atoms with E-state index in [0.717, 1.165) is 25.6 Å². The predicted octanol–water partition coefficient (Wildman–Crippen LogP) is 3.50. The van der Waals surface area contributed by atoms with E-state index in [2.05, 4.69) is 43.4 Å². The quantitative estimate of drug-likeness (QED) is 0.773. The average molecular weight is 261 g/mol. The van der Waals surface area contributed by atoms with Crippen molar-refractivity contribution < 1.29 is 4.74 Å². The molecular formula is C17H27NO. The summed E-state index contributed by atoms with van der Waals surface area (Å²) in [5.74, 6) is 1.24. The van der Waals surface area contributed by atoms with E-state index >= 15 is 0 Å². The Morgan fingerprint density at radius 1 is 1.32 bits per heavy atom. The zero-order chi connectivity index (χ0) is 13.7. The van der Waals surface area contributed by atoms with Crippen LogP contribution >= 0.6 is 0 Å². The fourth-order valence-corrected chi connectivity index (χ4v) is 2.71. The fourth-order valence-electron chi connectivity index (χ4n) is 2.71. The molecule has 2 atom stereocenters. The van der Waals surface area contributed by atoms with E-state index in [9.17, 15) is 0 Å². The average Bonchev–Trinajstić information content (AvgIpc) is 3.22. The summed E-state index contributed by atoms with van der Waals surface area (Å²) in [6.07, 6.45) is 3.84. The van der Waals surface area contributed by atoms with E-state index < -0.39 is 0 Å². The Morgan fingerprint density at radius 3 is 2.68 bits per heavy atom. The van der Waals surface area contributed by atoms with E-state index in [0.29, 0.717) is 11.8 Å². The molecule has 1 fully saturated rings. The van der Waals surface area contributed by atoms with Gasteiger partial charge in [0.2, 0.25) is 0 Å². The Balaban J connectivity index is 2.05. The second-order valence-corrected chi connectivity index (χ2v) is 5.90. The molecule has 1 aliphatic rings. The highest BCUT2D eigenvalue weighted by atomic mass is 16.5. The van der Waals surface area contributed by atoms with Gasteiger partial charge in [-0.2, -0.15) is 0 Å². The van der Waals surface area contributed by atoms with Gasteiger partial charge in [0.1, 0.15) is 0 Å². The smallest absolute Gasteiger partial charge is 0.0465 e. The standard InChI is InChI=1S/C17H27NO/c1-13-6-4-5-7-16(13)17(12-18-15-8-9-15)14(2)10-11-19-3/h4-7,14-15,17-18H,8-12H2,1-3H3. The van der Waals surface area contributed by atoms with Gasteiger partial charge < -0.3 is 10.1 Å². The number of ether oxygens (including phenoxy) is 1. The largest absolute Gasteiger partial charge is 0.385 e. The second kappa shape index (κ2) is 7.06. The van der Waals surface area contributed by atoms with Crippen LogP contribution in [0.1, 0.15) is 43.2 Å². The van der Waals surface area contributed by atoms with Crippen LogP contribution < -0.4 is 5.32 Å². The molecule has 2 nitrogen and oxygen atoms in total. The Morgan fingerprint density at radius 2 is 2.05 bits per heavy atom. The summed E-state index contributed by atoms with van der Waals surface area (Å²) >= 11 is 0. The summed E-state index contributed by atoms with van der Waals surface area (Å²) in [4.78, 5) is 0. The highest BCUT2D eigenvalue weighted by Crippen LogP contribution is 2.30. The number of benzene rings is 1. The first-order valence-electron chi connectivity index (χ1n) is 7.50. The van der Waals surface area contributed by atoms with Gasteiger partial charge in [-0.15, -0.1) is 0 Å². The van der Waals surface area contributed by atoms with Crippen molar-refractivity contribution in [2.45, 2.75) is 45.1 Å². The molecule has 1 saturated carbocycles. The number of hydrogen-bond donors (Lipinski definition) is 1. The molecule has 0 bridgehead atoms. The van der Waals surface area contributed by atoms with Gasteiger partial charge in [0.05, 0.1) is 0 Å². The molecule has 19 heavy (non-hydrogen) atoms. The molecule has 1 aromatic rings. The molecule has 1 N–H and O–H groups in total. The van der Waals surface area contributed by atoms with Gasteiger partial charge in [-0.3, -0.25) is 0 Å². The van der Waals surface area contributed by atoms with E-state index in [4.69, 9.17) is 4.74 Å². The monoisotopic (exact) mass is 261 g/mol. The zero-order valence-electron chi connectivity index (χ0n) is 12.5. The minimum atomic E-state index is 0.594. The van der Waals surface area contributed by atoms with Gasteiger partial charge in [0.15, 0.2) is 0 Å². The van der Waals surface area contributed by atoms with E-state index in [1.807, 2.05) is 0 Å². The third kappa shape index (κ3) is 4.32. The maximum atomic E-state index is 5.25. The van der Waals surface area contributed by atoms with Gasteiger partial charge in [-0.1, -0.05) is 31.2 Å². The van der Waals surface area contributed by atoms with Crippen LogP contribution in [0.3, 0.4) is 0 Å². The van der Waals surface area contributed by atoms with Gasteiger partial charge in [0, 0.05) is 26.3 Å². The van der Waals surface area contributed by atoms with Crippen molar-refractivity contribution in [1.82, 2.24) is 5.32 Å². The molecule has 0 aliphatic heterocycles. The predicted molar refractivity (Wildman–Crippen MR) is 80.6 cm³/mol. The molecule has 2 rings (SSSR count). The van der Waals surface area contributed by atoms with Crippen molar-refractivity contribution in [2.75, 3.05) is 20.3 Å². The Kier molecular flexibility index (Phi) is 5.41. The highest BCUT2D eigenvalue weighted by molar-refractivity contribution is 5.30. The number of aryl methyl sites for hydroxylation is 1. The van der Waals surface area contributed by atoms with Crippen LogP contribution in [0.2, 0.25) is 0 Å². The lowest BCUT2D eigenvalue weighted by molar-refractivity contribution is 0.173. The Labute approximate surface area is 117 Å². The number of hydrogen-bond acceptors (Lipinski definition) is 2. The summed E-state index contributed by atoms with van der Waals surface area (Å²) < 4.78 is 5.25. The molecule has 1 aliphatic carbocycles. The van der Waals surface area contributed by atoms with Crippen molar-refractivity contribution in [2.24, 2.45) is 5.92 Å². The SMILES string of the molecule is COCCC(C)C(CNC1CC1)c1ccccc1C. The number of rotatable bonds is 8. The van der Waals surface area contributed by atoms with Gasteiger partial charge in [-0.05, 0) is 49.1 Å². The van der Waals surface area contributed by atoms with Crippen molar-refractivity contribution in [3.63, 3.8) is 0 Å². The fraction of sp³-hybridized carbons (Fsp3) is 0.647. The van der Waals surface area contributed by atoms with Crippen molar-refractivity contribution in [3.8, 4) is 0 Å². The molecule has 0 heterocycles. The first-order chi connectivity index (χ1) is 9.22. The number of nitrogens with one attached hydrogen (secondary N) is 1. The Hall–Kier alpha value is -0.860. The molecule has 1 aromatic carbocycles. The summed E-state index contributed by atoms with van der Waals surface area (Å²) in [6, 6.07) is 9.58. The van der Waals surface area contributed by atoms with E-state index in [1.165, 1.54) is 24.0 Å². The Bertz CT molecular complexity index is 387. The molecule has 0 amide bonds. The lowest BCUT2D eigenvalue weighted by Gasteiger charge is -2.26. The normalized spacial score (nSPS) is 18.3. The molecule has 0 radical (unpaired) electrons. The van der Waals surface area contributed by atoms with Crippen LogP contribution in [0.4, 0.5) is 0 Å². The molecule has 2 unspecified atom stereocenters. The molecule has 0 aromatic heterocycles. The van der Waals surface area contributed by atoms with E-state index in [1.54, 1.807) is 7.11 Å². The topological polar surface area (TPSA) is 21.3 Å². The summed E-state index contributed by atoms with van der Waals surface area (Å²) in [7, 11) is 1.79. The lowest BCUT2D eigenvalue weighted by Crippen LogP contribution is -2.28. The lowest BCUT2D eigenvalue weighted by atomic mass is 9.83. The van der Waals surface area contributed by atoms with Crippen LogP contribution in [0.15, 0.2) is 24.3 Å². The minimum absolute atomic E-state index is 0.594. The van der Waals surface area contributed by atoms with Crippen molar-refractivity contribution >= 4 is 0 Å². The van der Waals surface area contributed by atoms with Crippen LogP contribution in [0.25, 0.3) is 0 Å². The van der Waals surface area contributed by atoms with Gasteiger partial charge in [0.25, 0.3) is 0 Å². The third-order valence-corrected chi connectivity index (χ3v) is 4.26. The molecule has 0 spiro atoms. The first-order valence-corrected chi connectivity index (χ1v) is 7.50. The van der Waals surface area contributed by atoms with Crippen molar-refractivity contribution in [1.29, 1.82) is 0 Å². The van der Waals surface area contributed by atoms with Gasteiger partial charge in [-0.25, -0.2) is 0 Å². The summed E-state index contributed by atoms with van der Waals surface area (Å²) in [5.41, 5.74) is 2.91. The van der Waals surface area contributed by atoms with E-state index in [-0.39, 0.29) is 0 Å². The van der Waals surface area contributed by atoms with Crippen LogP contribution in [-0.4, -0.2) is 26.3 Å². The first kappa shape index (κ1) is 14.5. The second-order valence-electron chi connectivity index (χ2n) is 5.90. The summed E-state index contributed by atoms with van der Waals surface area (Å²) in [5, 5.41) is 3.70. The molecule has 106 valence electrons. The maximum Gasteiger partial charge on any atom is 0.0465 e. The molecule has 2 heteroatoms. The zero-order valence-corrected chi connectivity index (χ0v) is 12.5. The van der Waals surface area contributed by atoms with Gasteiger partial charge >= 0.3 is 0 Å². The third-order valence-electron chi connectivity index (χ3n) is 4.26. The van der Waals surface area contributed by atoms with Crippen molar-refractivity contribution in [3.05, 3.63) is 35.4 Å². The highest BCUT2D eigenvalue weighted by Gasteiger charge is 2.25. The molecular weight excluding hydrogens is 234 g/mol. The number of methoxy groups -OCH3 is 1. The van der Waals surface area contributed by atoms with Crippen LogP contribution in [0.5, 0.6) is 0 Å². The maximum absolute atomic E-state index is 5.25. The van der Waals surface area contributed by atoms with Crippen LogP contribution in [-0.2, 0) is 4.74 Å². The minimum Gasteiger partial charge on any atom is -0.385 e.